The summed E-state index contributed by atoms with van der Waals surface area (Å²) in [5.74, 6) is 1.29. The number of nitrogens with two attached hydrogens (primary N) is 1. The molecule has 1 heterocycles. The maximum absolute atomic E-state index is 12.2. The van der Waals surface area contributed by atoms with E-state index in [-0.39, 0.29) is 11.9 Å². The lowest BCUT2D eigenvalue weighted by Gasteiger charge is -2.14. The van der Waals surface area contributed by atoms with Crippen LogP contribution in [0.1, 0.15) is 65.7 Å². The first kappa shape index (κ1) is 11.1. The second kappa shape index (κ2) is 3.73. The Kier molecular flexibility index (Phi) is 2.43. The number of hydrogen-bond donors (Lipinski definition) is 2. The molecule has 3 rings (SSSR count). The average molecular weight is 250 g/mol. The van der Waals surface area contributed by atoms with E-state index in [2.05, 4.69) is 5.32 Å². The van der Waals surface area contributed by atoms with Gasteiger partial charge in [0.1, 0.15) is 0 Å². The molecule has 2 atom stereocenters. The Morgan fingerprint density at radius 2 is 2.12 bits per heavy atom. The fraction of sp³-hybridized carbons (Fsp3) is 0.615. The number of anilines is 1. The van der Waals surface area contributed by atoms with E-state index in [1.54, 1.807) is 11.3 Å². The van der Waals surface area contributed by atoms with Crippen molar-refractivity contribution in [2.45, 2.75) is 51.0 Å². The van der Waals surface area contributed by atoms with Gasteiger partial charge in [-0.1, -0.05) is 0 Å². The van der Waals surface area contributed by atoms with Crippen molar-refractivity contribution < 1.29 is 4.79 Å². The number of rotatable bonds is 2. The third-order valence-electron chi connectivity index (χ3n) is 3.86. The van der Waals surface area contributed by atoms with Crippen molar-refractivity contribution in [1.29, 1.82) is 0 Å². The van der Waals surface area contributed by atoms with Crippen LogP contribution in [0.25, 0.3) is 0 Å². The van der Waals surface area contributed by atoms with Crippen LogP contribution in [0.5, 0.6) is 0 Å². The molecule has 1 amide bonds. The highest BCUT2D eigenvalue weighted by Gasteiger charge is 2.42. The van der Waals surface area contributed by atoms with E-state index in [0.29, 0.717) is 16.8 Å². The first-order valence-corrected chi connectivity index (χ1v) is 7.12. The van der Waals surface area contributed by atoms with Gasteiger partial charge in [-0.05, 0) is 50.5 Å². The van der Waals surface area contributed by atoms with E-state index in [4.69, 9.17) is 5.73 Å². The van der Waals surface area contributed by atoms with Crippen molar-refractivity contribution in [2.24, 2.45) is 0 Å². The summed E-state index contributed by atoms with van der Waals surface area (Å²) in [6.45, 7) is 3.96. The molecular weight excluding hydrogens is 232 g/mol. The van der Waals surface area contributed by atoms with Gasteiger partial charge in [-0.25, -0.2) is 0 Å². The summed E-state index contributed by atoms with van der Waals surface area (Å²) in [5.41, 5.74) is 8.10. The molecule has 2 aliphatic carbocycles. The molecule has 92 valence electrons. The smallest absolute Gasteiger partial charge is 0.254 e. The summed E-state index contributed by atoms with van der Waals surface area (Å²) < 4.78 is 0. The molecular formula is C13H18N2OS. The van der Waals surface area contributed by atoms with Crippen LogP contribution in [0, 0.1) is 0 Å². The normalized spacial score (nSPS) is 25.4. The standard InChI is InChI=1S/C13H18N2OS/c1-6(2)15-13(16)10-9-7-3-4-8(5-7)11(9)17-12(10)14/h6-8H,3-5,14H2,1-2H3,(H,15,16). The number of nitrogens with one attached hydrogen (secondary N) is 1. The van der Waals surface area contributed by atoms with Gasteiger partial charge in [-0.2, -0.15) is 0 Å². The van der Waals surface area contributed by atoms with Gasteiger partial charge in [-0.3, -0.25) is 4.79 Å². The van der Waals surface area contributed by atoms with Gasteiger partial charge in [-0.15, -0.1) is 11.3 Å². The summed E-state index contributed by atoms with van der Waals surface area (Å²) in [7, 11) is 0. The van der Waals surface area contributed by atoms with Gasteiger partial charge in [0, 0.05) is 10.9 Å². The summed E-state index contributed by atoms with van der Waals surface area (Å²) in [5, 5.41) is 3.68. The average Bonchev–Trinajstić information content (AvgIpc) is 2.85. The fourth-order valence-electron chi connectivity index (χ4n) is 3.24. The minimum atomic E-state index is 0.0162. The van der Waals surface area contributed by atoms with Crippen LogP contribution >= 0.6 is 11.3 Å². The Morgan fingerprint density at radius 3 is 2.82 bits per heavy atom. The van der Waals surface area contributed by atoms with E-state index in [1.807, 2.05) is 13.8 Å². The molecule has 0 aromatic carbocycles. The van der Waals surface area contributed by atoms with Gasteiger partial charge >= 0.3 is 0 Å². The highest BCUT2D eigenvalue weighted by atomic mass is 32.1. The number of carbonyl (C=O) groups is 1. The van der Waals surface area contributed by atoms with Crippen molar-refractivity contribution >= 4 is 22.2 Å². The SMILES string of the molecule is CC(C)NC(=O)c1c(N)sc2c1C1CCC2C1. The van der Waals surface area contributed by atoms with Crippen molar-refractivity contribution in [3.05, 3.63) is 16.0 Å². The zero-order valence-electron chi connectivity index (χ0n) is 10.2. The minimum Gasteiger partial charge on any atom is -0.390 e. The molecule has 0 radical (unpaired) electrons. The summed E-state index contributed by atoms with van der Waals surface area (Å²) in [4.78, 5) is 13.6. The van der Waals surface area contributed by atoms with Crippen molar-refractivity contribution in [2.75, 3.05) is 5.73 Å². The van der Waals surface area contributed by atoms with Gasteiger partial charge in [0.25, 0.3) is 5.91 Å². The molecule has 2 unspecified atom stereocenters. The number of thiophene rings is 1. The molecule has 1 fully saturated rings. The van der Waals surface area contributed by atoms with E-state index in [0.717, 1.165) is 5.56 Å². The molecule has 1 saturated carbocycles. The third-order valence-corrected chi connectivity index (χ3v) is 5.06. The molecule has 0 spiro atoms. The van der Waals surface area contributed by atoms with Crippen LogP contribution in [0.4, 0.5) is 5.00 Å². The van der Waals surface area contributed by atoms with Crippen LogP contribution in [0.3, 0.4) is 0 Å². The minimum absolute atomic E-state index is 0.0162. The molecule has 3 nitrogen and oxygen atoms in total. The van der Waals surface area contributed by atoms with Crippen LogP contribution in [-0.4, -0.2) is 11.9 Å². The molecule has 1 aromatic rings. The Labute approximate surface area is 105 Å². The van der Waals surface area contributed by atoms with Crippen LogP contribution in [-0.2, 0) is 0 Å². The fourth-order valence-corrected chi connectivity index (χ4v) is 4.54. The summed E-state index contributed by atoms with van der Waals surface area (Å²) in [6, 6.07) is 0.163. The molecule has 3 N–H and O–H groups in total. The second-order valence-electron chi connectivity index (χ2n) is 5.45. The van der Waals surface area contributed by atoms with Gasteiger partial charge in [0.05, 0.1) is 10.6 Å². The van der Waals surface area contributed by atoms with E-state index >= 15 is 0 Å². The predicted octanol–water partition coefficient (Wildman–Crippen LogP) is 2.83. The van der Waals surface area contributed by atoms with E-state index < -0.39 is 0 Å². The Bertz CT molecular complexity index is 478. The van der Waals surface area contributed by atoms with Crippen molar-refractivity contribution in [3.8, 4) is 0 Å². The first-order chi connectivity index (χ1) is 8.08. The Hall–Kier alpha value is -1.03. The molecule has 17 heavy (non-hydrogen) atoms. The first-order valence-electron chi connectivity index (χ1n) is 6.30. The van der Waals surface area contributed by atoms with Crippen molar-refractivity contribution in [1.82, 2.24) is 5.32 Å². The number of amides is 1. The lowest BCUT2D eigenvalue weighted by Crippen LogP contribution is -2.31. The number of carbonyl (C=O) groups excluding carboxylic acids is 1. The molecule has 2 bridgehead atoms. The number of fused-ring (bicyclic) bond motifs is 5. The zero-order chi connectivity index (χ0) is 12.2. The number of nitrogen functional groups attached to an aromatic ring is 1. The Morgan fingerprint density at radius 1 is 1.41 bits per heavy atom. The quantitative estimate of drug-likeness (QED) is 0.848. The highest BCUT2D eigenvalue weighted by molar-refractivity contribution is 7.16. The molecule has 4 heteroatoms. The molecule has 0 saturated heterocycles. The molecule has 2 aliphatic rings. The highest BCUT2D eigenvalue weighted by Crippen LogP contribution is 2.58. The van der Waals surface area contributed by atoms with E-state index in [9.17, 15) is 4.79 Å². The largest absolute Gasteiger partial charge is 0.390 e. The number of hydrogen-bond acceptors (Lipinski definition) is 3. The molecule has 0 aliphatic heterocycles. The summed E-state index contributed by atoms with van der Waals surface area (Å²) in [6.07, 6.45) is 3.75. The predicted molar refractivity (Wildman–Crippen MR) is 70.7 cm³/mol. The van der Waals surface area contributed by atoms with Crippen LogP contribution < -0.4 is 11.1 Å². The molecule has 1 aromatic heterocycles. The monoisotopic (exact) mass is 250 g/mol. The lowest BCUT2D eigenvalue weighted by molar-refractivity contribution is 0.0943. The topological polar surface area (TPSA) is 55.1 Å². The van der Waals surface area contributed by atoms with E-state index in [1.165, 1.54) is 29.7 Å². The van der Waals surface area contributed by atoms with Gasteiger partial charge < -0.3 is 11.1 Å². The maximum Gasteiger partial charge on any atom is 0.254 e. The second-order valence-corrected chi connectivity index (χ2v) is 6.54. The van der Waals surface area contributed by atoms with Gasteiger partial charge in [0.15, 0.2) is 0 Å². The van der Waals surface area contributed by atoms with Gasteiger partial charge in [0.2, 0.25) is 0 Å². The third kappa shape index (κ3) is 1.58. The van der Waals surface area contributed by atoms with Crippen LogP contribution in [0.2, 0.25) is 0 Å². The van der Waals surface area contributed by atoms with Crippen molar-refractivity contribution in [3.63, 3.8) is 0 Å². The Balaban J connectivity index is 2.01. The summed E-state index contributed by atoms with van der Waals surface area (Å²) >= 11 is 1.64. The zero-order valence-corrected chi connectivity index (χ0v) is 11.1. The maximum atomic E-state index is 12.2. The van der Waals surface area contributed by atoms with Crippen LogP contribution in [0.15, 0.2) is 0 Å². The lowest BCUT2D eigenvalue weighted by atomic mass is 9.94.